The van der Waals surface area contributed by atoms with E-state index in [2.05, 4.69) is 35.1 Å². The van der Waals surface area contributed by atoms with Crippen LogP contribution in [-0.4, -0.2) is 43.5 Å². The lowest BCUT2D eigenvalue weighted by Gasteiger charge is -2.31. The van der Waals surface area contributed by atoms with Crippen LogP contribution in [0.2, 0.25) is 0 Å². The predicted octanol–water partition coefficient (Wildman–Crippen LogP) is 3.26. The number of fused-ring (bicyclic) bond motifs is 1. The van der Waals surface area contributed by atoms with Gasteiger partial charge in [0.05, 0.1) is 5.69 Å². The van der Waals surface area contributed by atoms with Crippen LogP contribution in [0.1, 0.15) is 60.4 Å². The van der Waals surface area contributed by atoms with Gasteiger partial charge in [-0.15, -0.1) is 11.3 Å². The summed E-state index contributed by atoms with van der Waals surface area (Å²) in [6.45, 7) is 5.84. The van der Waals surface area contributed by atoms with Crippen LogP contribution in [0, 0.1) is 0 Å². The number of nitrogens with zero attached hydrogens (tertiary/aromatic N) is 4. The molecule has 1 aliphatic heterocycles. The summed E-state index contributed by atoms with van der Waals surface area (Å²) in [5.41, 5.74) is 2.86. The van der Waals surface area contributed by atoms with Gasteiger partial charge in [0.15, 0.2) is 4.96 Å². The van der Waals surface area contributed by atoms with Crippen LogP contribution < -0.4 is 0 Å². The second kappa shape index (κ2) is 6.05. The van der Waals surface area contributed by atoms with E-state index in [0.29, 0.717) is 17.5 Å². The van der Waals surface area contributed by atoms with Crippen molar-refractivity contribution in [1.29, 1.82) is 0 Å². The topological polar surface area (TPSA) is 66.3 Å². The molecule has 1 saturated heterocycles. The molecule has 1 fully saturated rings. The highest BCUT2D eigenvalue weighted by atomic mass is 32.1. The smallest absolute Gasteiger partial charge is 0.274 e. The Morgan fingerprint density at radius 3 is 2.83 bits per heavy atom. The number of carbonyl (C=O) groups excluding carboxylic acids is 1. The maximum atomic E-state index is 12.6. The molecule has 0 bridgehead atoms. The summed E-state index contributed by atoms with van der Waals surface area (Å²) in [5, 5.41) is 9.54. The Labute approximate surface area is 144 Å². The van der Waals surface area contributed by atoms with Crippen molar-refractivity contribution in [2.45, 2.75) is 38.5 Å². The molecule has 3 aromatic heterocycles. The number of nitrogens with one attached hydrogen (secondary N) is 1. The first kappa shape index (κ1) is 15.4. The van der Waals surface area contributed by atoms with Gasteiger partial charge in [0, 0.05) is 42.5 Å². The van der Waals surface area contributed by atoms with Crippen molar-refractivity contribution in [1.82, 2.24) is 24.5 Å². The fourth-order valence-corrected chi connectivity index (χ4v) is 3.94. The van der Waals surface area contributed by atoms with Crippen LogP contribution in [0.25, 0.3) is 4.96 Å². The van der Waals surface area contributed by atoms with E-state index in [1.165, 1.54) is 5.69 Å². The monoisotopic (exact) mass is 343 g/mol. The number of piperidine rings is 1. The first-order chi connectivity index (χ1) is 11.6. The molecule has 3 aromatic rings. The van der Waals surface area contributed by atoms with Gasteiger partial charge in [-0.3, -0.25) is 14.3 Å². The molecule has 126 valence electrons. The summed E-state index contributed by atoms with van der Waals surface area (Å²) < 4.78 is 1.91. The van der Waals surface area contributed by atoms with E-state index in [9.17, 15) is 4.79 Å². The Morgan fingerprint density at radius 2 is 2.17 bits per heavy atom. The summed E-state index contributed by atoms with van der Waals surface area (Å²) in [5.74, 6) is 0.933. The zero-order chi connectivity index (χ0) is 16.7. The summed E-state index contributed by atoms with van der Waals surface area (Å²) in [7, 11) is 0. The zero-order valence-corrected chi connectivity index (χ0v) is 14.7. The first-order valence-electron chi connectivity index (χ1n) is 8.38. The molecule has 4 heterocycles. The summed E-state index contributed by atoms with van der Waals surface area (Å²) in [6.07, 6.45) is 5.69. The molecule has 1 N–H and O–H groups in total. The Bertz CT molecular complexity index is 825. The van der Waals surface area contributed by atoms with E-state index in [4.69, 9.17) is 0 Å². The van der Waals surface area contributed by atoms with Gasteiger partial charge in [-0.1, -0.05) is 13.8 Å². The SMILES string of the molecule is CC(C)c1cc(C2CCN(C(=O)c3cn4ccsc4n3)CC2)[nH]n1. The maximum Gasteiger partial charge on any atom is 0.274 e. The predicted molar refractivity (Wildman–Crippen MR) is 93.6 cm³/mol. The van der Waals surface area contributed by atoms with Crippen molar-refractivity contribution in [3.05, 3.63) is 40.9 Å². The second-order valence-electron chi connectivity index (χ2n) is 6.69. The molecule has 1 aliphatic rings. The molecule has 0 unspecified atom stereocenters. The Morgan fingerprint density at radius 1 is 1.38 bits per heavy atom. The quantitative estimate of drug-likeness (QED) is 0.794. The van der Waals surface area contributed by atoms with Crippen molar-refractivity contribution in [3.8, 4) is 0 Å². The molecular formula is C17H21N5OS. The maximum absolute atomic E-state index is 12.6. The van der Waals surface area contributed by atoms with Crippen molar-refractivity contribution in [3.63, 3.8) is 0 Å². The van der Waals surface area contributed by atoms with Crippen LogP contribution >= 0.6 is 11.3 Å². The Kier molecular flexibility index (Phi) is 3.88. The number of imidazole rings is 1. The molecule has 6 nitrogen and oxygen atoms in total. The molecule has 24 heavy (non-hydrogen) atoms. The highest BCUT2D eigenvalue weighted by Gasteiger charge is 2.27. The lowest BCUT2D eigenvalue weighted by molar-refractivity contribution is 0.0707. The van der Waals surface area contributed by atoms with Gasteiger partial charge in [-0.2, -0.15) is 5.10 Å². The van der Waals surface area contributed by atoms with E-state index in [1.807, 2.05) is 27.1 Å². The van der Waals surface area contributed by atoms with Crippen molar-refractivity contribution >= 4 is 22.2 Å². The third kappa shape index (κ3) is 2.73. The minimum Gasteiger partial charge on any atom is -0.337 e. The van der Waals surface area contributed by atoms with Crippen LogP contribution in [0.4, 0.5) is 0 Å². The van der Waals surface area contributed by atoms with Gasteiger partial charge in [0.2, 0.25) is 0 Å². The van der Waals surface area contributed by atoms with E-state index in [0.717, 1.165) is 36.6 Å². The average Bonchev–Trinajstić information content (AvgIpc) is 3.29. The molecule has 0 aliphatic carbocycles. The Balaban J connectivity index is 1.41. The van der Waals surface area contributed by atoms with Crippen LogP contribution in [0.5, 0.6) is 0 Å². The number of aromatic amines is 1. The Hall–Kier alpha value is -2.15. The van der Waals surface area contributed by atoms with Gasteiger partial charge in [-0.05, 0) is 24.8 Å². The number of thiazole rings is 1. The number of rotatable bonds is 3. The highest BCUT2D eigenvalue weighted by Crippen LogP contribution is 2.29. The molecule has 7 heteroatoms. The molecule has 0 aromatic carbocycles. The number of H-pyrrole nitrogens is 1. The van der Waals surface area contributed by atoms with Crippen LogP contribution in [0.3, 0.4) is 0 Å². The molecule has 1 amide bonds. The van der Waals surface area contributed by atoms with E-state index in [1.54, 1.807) is 11.3 Å². The number of amides is 1. The summed E-state index contributed by atoms with van der Waals surface area (Å²) >= 11 is 1.54. The molecule has 0 atom stereocenters. The van der Waals surface area contributed by atoms with Gasteiger partial charge in [-0.25, -0.2) is 4.98 Å². The van der Waals surface area contributed by atoms with E-state index >= 15 is 0 Å². The molecule has 4 rings (SSSR count). The fourth-order valence-electron chi connectivity index (χ4n) is 3.24. The molecule has 0 spiro atoms. The average molecular weight is 343 g/mol. The minimum absolute atomic E-state index is 0.0387. The van der Waals surface area contributed by atoms with Crippen molar-refractivity contribution < 1.29 is 4.79 Å². The normalized spacial score (nSPS) is 16.4. The third-order valence-electron chi connectivity index (χ3n) is 4.74. The molecular weight excluding hydrogens is 322 g/mol. The number of carbonyl (C=O) groups is 1. The summed E-state index contributed by atoms with van der Waals surface area (Å²) in [4.78, 5) is 19.8. The second-order valence-corrected chi connectivity index (χ2v) is 7.56. The first-order valence-corrected chi connectivity index (χ1v) is 9.26. The molecule has 0 radical (unpaired) electrons. The van der Waals surface area contributed by atoms with Crippen molar-refractivity contribution in [2.75, 3.05) is 13.1 Å². The standard InChI is InChI=1S/C17H21N5OS/c1-11(2)13-9-14(20-19-13)12-3-5-21(6-4-12)16(23)15-10-22-7-8-24-17(22)18-15/h7-12H,3-6H2,1-2H3,(H,19,20). The van der Waals surface area contributed by atoms with Crippen molar-refractivity contribution in [2.24, 2.45) is 0 Å². The van der Waals surface area contributed by atoms with E-state index in [-0.39, 0.29) is 5.91 Å². The van der Waals surface area contributed by atoms with Crippen LogP contribution in [-0.2, 0) is 0 Å². The van der Waals surface area contributed by atoms with Gasteiger partial charge < -0.3 is 4.90 Å². The lowest BCUT2D eigenvalue weighted by atomic mass is 9.93. The third-order valence-corrected chi connectivity index (χ3v) is 5.51. The van der Waals surface area contributed by atoms with Gasteiger partial charge in [0.25, 0.3) is 5.91 Å². The fraction of sp³-hybridized carbons (Fsp3) is 0.471. The van der Waals surface area contributed by atoms with Gasteiger partial charge in [0.1, 0.15) is 5.69 Å². The highest BCUT2D eigenvalue weighted by molar-refractivity contribution is 7.15. The molecule has 0 saturated carbocycles. The number of hydrogen-bond donors (Lipinski definition) is 1. The number of hydrogen-bond acceptors (Lipinski definition) is 4. The number of aromatic nitrogens is 4. The van der Waals surface area contributed by atoms with E-state index < -0.39 is 0 Å². The number of likely N-dealkylation sites (tertiary alicyclic amines) is 1. The minimum atomic E-state index is 0.0387. The zero-order valence-electron chi connectivity index (χ0n) is 13.9. The lowest BCUT2D eigenvalue weighted by Crippen LogP contribution is -2.38. The van der Waals surface area contributed by atoms with Crippen LogP contribution in [0.15, 0.2) is 23.8 Å². The largest absolute Gasteiger partial charge is 0.337 e. The summed E-state index contributed by atoms with van der Waals surface area (Å²) in [6, 6.07) is 2.18. The van der Waals surface area contributed by atoms with Gasteiger partial charge >= 0.3 is 0 Å².